The number of rotatable bonds is 6. The molecule has 0 spiro atoms. The number of benzene rings is 3. The molecule has 0 saturated carbocycles. The predicted molar refractivity (Wildman–Crippen MR) is 117 cm³/mol. The van der Waals surface area contributed by atoms with E-state index in [1.54, 1.807) is 17.1 Å². The van der Waals surface area contributed by atoms with Crippen molar-refractivity contribution in [3.63, 3.8) is 0 Å². The Morgan fingerprint density at radius 1 is 0.966 bits per heavy atom. The summed E-state index contributed by atoms with van der Waals surface area (Å²) in [5.74, 6) is 1.11. The van der Waals surface area contributed by atoms with Gasteiger partial charge in [0.05, 0.1) is 18.1 Å². The van der Waals surface area contributed by atoms with Crippen LogP contribution >= 0.6 is 11.6 Å². The molecule has 0 aliphatic carbocycles. The quantitative estimate of drug-likeness (QED) is 0.448. The molecule has 144 valence electrons. The average molecular weight is 403 g/mol. The van der Waals surface area contributed by atoms with Gasteiger partial charge in [-0.2, -0.15) is 9.78 Å². The molecule has 0 aliphatic rings. The van der Waals surface area contributed by atoms with Crippen molar-refractivity contribution < 1.29 is 4.74 Å². The van der Waals surface area contributed by atoms with Crippen LogP contribution in [-0.2, 0) is 6.61 Å². The Balaban J connectivity index is 1.47. The van der Waals surface area contributed by atoms with Gasteiger partial charge in [0.2, 0.25) is 5.95 Å². The van der Waals surface area contributed by atoms with Crippen LogP contribution in [0.3, 0.4) is 0 Å². The number of nitrogens with two attached hydrogens (primary N) is 1. The molecule has 0 fully saturated rings. The van der Waals surface area contributed by atoms with E-state index >= 15 is 0 Å². The maximum Gasteiger partial charge on any atom is 0.221 e. The summed E-state index contributed by atoms with van der Waals surface area (Å²) >= 11 is 5.97. The number of nitrogen functional groups attached to an aromatic ring is 1. The molecular formula is C23H19ClN4O. The molecule has 0 aliphatic heterocycles. The van der Waals surface area contributed by atoms with Crippen molar-refractivity contribution in [2.75, 3.05) is 5.73 Å². The van der Waals surface area contributed by atoms with E-state index in [2.05, 4.69) is 10.1 Å². The molecule has 0 bridgehead atoms. The number of imidazole rings is 1. The van der Waals surface area contributed by atoms with Crippen molar-refractivity contribution in [3.05, 3.63) is 101 Å². The lowest BCUT2D eigenvalue weighted by molar-refractivity contribution is 0.306. The van der Waals surface area contributed by atoms with Crippen molar-refractivity contribution in [2.24, 2.45) is 5.10 Å². The van der Waals surface area contributed by atoms with Crippen molar-refractivity contribution in [2.45, 2.75) is 6.61 Å². The Hall–Kier alpha value is -3.57. The maximum absolute atomic E-state index is 5.98. The number of hydrogen-bond acceptors (Lipinski definition) is 4. The Morgan fingerprint density at radius 2 is 1.69 bits per heavy atom. The number of halogens is 1. The molecule has 0 amide bonds. The van der Waals surface area contributed by atoms with Crippen LogP contribution in [0.1, 0.15) is 11.1 Å². The van der Waals surface area contributed by atoms with Gasteiger partial charge in [-0.3, -0.25) is 0 Å². The van der Waals surface area contributed by atoms with Gasteiger partial charge in [0.15, 0.2) is 0 Å². The summed E-state index contributed by atoms with van der Waals surface area (Å²) in [7, 11) is 0. The Morgan fingerprint density at radius 3 is 2.41 bits per heavy atom. The summed E-state index contributed by atoms with van der Waals surface area (Å²) in [4.78, 5) is 4.17. The van der Waals surface area contributed by atoms with E-state index in [-0.39, 0.29) is 0 Å². The molecule has 4 rings (SSSR count). The molecular weight excluding hydrogens is 384 g/mol. The van der Waals surface area contributed by atoms with E-state index in [4.69, 9.17) is 22.1 Å². The maximum atomic E-state index is 5.98. The summed E-state index contributed by atoms with van der Waals surface area (Å²) in [6.45, 7) is 0.532. The molecule has 1 heterocycles. The second-order valence-corrected chi connectivity index (χ2v) is 6.84. The largest absolute Gasteiger partial charge is 0.489 e. The topological polar surface area (TPSA) is 65.4 Å². The van der Waals surface area contributed by atoms with E-state index in [9.17, 15) is 0 Å². The van der Waals surface area contributed by atoms with E-state index < -0.39 is 0 Å². The summed E-state index contributed by atoms with van der Waals surface area (Å²) < 4.78 is 7.41. The molecule has 5 nitrogen and oxygen atoms in total. The van der Waals surface area contributed by atoms with E-state index in [0.717, 1.165) is 28.1 Å². The van der Waals surface area contributed by atoms with Crippen molar-refractivity contribution in [1.82, 2.24) is 9.66 Å². The van der Waals surface area contributed by atoms with Crippen LogP contribution < -0.4 is 10.5 Å². The highest BCUT2D eigenvalue weighted by Gasteiger charge is 2.08. The number of anilines is 1. The van der Waals surface area contributed by atoms with Gasteiger partial charge in [0, 0.05) is 10.6 Å². The fourth-order valence-electron chi connectivity index (χ4n) is 2.81. The van der Waals surface area contributed by atoms with Gasteiger partial charge >= 0.3 is 0 Å². The fourth-order valence-corrected chi connectivity index (χ4v) is 2.94. The van der Waals surface area contributed by atoms with Crippen LogP contribution in [0.4, 0.5) is 5.95 Å². The van der Waals surface area contributed by atoms with Gasteiger partial charge in [-0.05, 0) is 47.5 Å². The van der Waals surface area contributed by atoms with Crippen molar-refractivity contribution in [1.29, 1.82) is 0 Å². The van der Waals surface area contributed by atoms with Crippen LogP contribution in [0, 0.1) is 0 Å². The van der Waals surface area contributed by atoms with Crippen LogP contribution in [0.15, 0.2) is 90.2 Å². The van der Waals surface area contributed by atoms with Crippen LogP contribution in [-0.4, -0.2) is 15.9 Å². The van der Waals surface area contributed by atoms with Crippen molar-refractivity contribution in [3.8, 4) is 17.0 Å². The van der Waals surface area contributed by atoms with E-state index in [1.807, 2.05) is 78.9 Å². The predicted octanol–water partition coefficient (Wildman–Crippen LogP) is 5.25. The molecule has 2 N–H and O–H groups in total. The number of hydrogen-bond donors (Lipinski definition) is 1. The Labute approximate surface area is 174 Å². The first-order valence-electron chi connectivity index (χ1n) is 9.09. The number of aromatic nitrogens is 2. The molecule has 3 aromatic carbocycles. The van der Waals surface area contributed by atoms with Gasteiger partial charge < -0.3 is 10.5 Å². The molecule has 1 aromatic heterocycles. The minimum atomic E-state index is 0.314. The lowest BCUT2D eigenvalue weighted by Crippen LogP contribution is -2.00. The van der Waals surface area contributed by atoms with Gasteiger partial charge in [-0.25, -0.2) is 4.98 Å². The second-order valence-electron chi connectivity index (χ2n) is 6.41. The third kappa shape index (κ3) is 4.65. The molecule has 29 heavy (non-hydrogen) atoms. The van der Waals surface area contributed by atoms with Gasteiger partial charge in [-0.15, -0.1) is 0 Å². The van der Waals surface area contributed by atoms with Gasteiger partial charge in [0.25, 0.3) is 0 Å². The highest BCUT2D eigenvalue weighted by Crippen LogP contribution is 2.23. The molecule has 0 radical (unpaired) electrons. The highest BCUT2D eigenvalue weighted by atomic mass is 35.5. The van der Waals surface area contributed by atoms with E-state index in [1.165, 1.54) is 0 Å². The molecule has 0 atom stereocenters. The Bertz CT molecular complexity index is 1100. The van der Waals surface area contributed by atoms with Crippen LogP contribution in [0.5, 0.6) is 5.75 Å². The minimum absolute atomic E-state index is 0.314. The standard InChI is InChI=1S/C23H19ClN4O/c24-20-10-8-19(9-11-20)22-15-26-23(25)28(22)27-14-17-6-12-21(13-7-17)29-16-18-4-2-1-3-5-18/h1-15H,16H2,(H2,25,26). The van der Waals surface area contributed by atoms with Crippen LogP contribution in [0.2, 0.25) is 5.02 Å². The first kappa shape index (κ1) is 18.8. The highest BCUT2D eigenvalue weighted by molar-refractivity contribution is 6.30. The SMILES string of the molecule is Nc1ncc(-c2ccc(Cl)cc2)n1N=Cc1ccc(OCc2ccccc2)cc1. The lowest BCUT2D eigenvalue weighted by atomic mass is 10.2. The number of nitrogens with zero attached hydrogens (tertiary/aromatic N) is 3. The lowest BCUT2D eigenvalue weighted by Gasteiger charge is -2.07. The van der Waals surface area contributed by atoms with Gasteiger partial charge in [0.1, 0.15) is 12.4 Å². The van der Waals surface area contributed by atoms with Crippen LogP contribution in [0.25, 0.3) is 11.3 Å². The minimum Gasteiger partial charge on any atom is -0.489 e. The van der Waals surface area contributed by atoms with Gasteiger partial charge in [-0.1, -0.05) is 54.1 Å². The first-order valence-corrected chi connectivity index (χ1v) is 9.47. The normalized spacial score (nSPS) is 11.1. The summed E-state index contributed by atoms with van der Waals surface area (Å²) in [5.41, 5.74) is 9.76. The molecule has 6 heteroatoms. The third-order valence-electron chi connectivity index (χ3n) is 4.35. The number of ether oxygens (including phenoxy) is 1. The summed E-state index contributed by atoms with van der Waals surface area (Å²) in [5, 5.41) is 5.16. The first-order chi connectivity index (χ1) is 14.2. The van der Waals surface area contributed by atoms with Crippen molar-refractivity contribution >= 4 is 23.8 Å². The zero-order valence-electron chi connectivity index (χ0n) is 15.6. The fraction of sp³-hybridized carbons (Fsp3) is 0.0435. The third-order valence-corrected chi connectivity index (χ3v) is 4.61. The Kier molecular flexibility index (Phi) is 5.59. The summed E-state index contributed by atoms with van der Waals surface area (Å²) in [6, 6.07) is 25.2. The molecule has 0 unspecified atom stereocenters. The zero-order valence-corrected chi connectivity index (χ0v) is 16.3. The monoisotopic (exact) mass is 402 g/mol. The second kappa shape index (κ2) is 8.63. The van der Waals surface area contributed by atoms with E-state index in [0.29, 0.717) is 17.6 Å². The smallest absolute Gasteiger partial charge is 0.221 e. The molecule has 0 saturated heterocycles. The molecule has 4 aromatic rings. The zero-order chi connectivity index (χ0) is 20.1. The average Bonchev–Trinajstić information content (AvgIpc) is 3.13. The summed E-state index contributed by atoms with van der Waals surface area (Å²) in [6.07, 6.45) is 3.43.